The van der Waals surface area contributed by atoms with Crippen LogP contribution in [0.15, 0.2) is 25.3 Å². The Kier molecular flexibility index (Phi) is 12.2. The van der Waals surface area contributed by atoms with E-state index in [1.165, 1.54) is 0 Å². The highest BCUT2D eigenvalue weighted by atomic mass is 16.3. The number of hydrogen-bond donors (Lipinski definition) is 4. The van der Waals surface area contributed by atoms with Crippen LogP contribution in [0.3, 0.4) is 0 Å². The Morgan fingerprint density at radius 3 is 2.11 bits per heavy atom. The average molecular weight is 256 g/mol. The van der Waals surface area contributed by atoms with Crippen LogP contribution in [0.4, 0.5) is 0 Å². The summed E-state index contributed by atoms with van der Waals surface area (Å²) in [6, 6.07) is 0. The molecule has 0 aliphatic heterocycles. The van der Waals surface area contributed by atoms with Crippen molar-refractivity contribution in [2.45, 2.75) is 12.6 Å². The summed E-state index contributed by atoms with van der Waals surface area (Å²) >= 11 is 0. The molecule has 18 heavy (non-hydrogen) atoms. The van der Waals surface area contributed by atoms with E-state index in [9.17, 15) is 5.11 Å². The molecule has 5 N–H and O–H groups in total. The van der Waals surface area contributed by atoms with E-state index < -0.39 is 6.23 Å². The largest absolute Gasteiger partial charge is 0.378 e. The van der Waals surface area contributed by atoms with Crippen molar-refractivity contribution in [2.24, 2.45) is 5.73 Å². The number of nitrogens with one attached hydrogen (secondary N) is 2. The summed E-state index contributed by atoms with van der Waals surface area (Å²) < 4.78 is 0. The van der Waals surface area contributed by atoms with Gasteiger partial charge in [0.2, 0.25) is 0 Å². The molecular formula is C13H28N4O. The maximum Gasteiger partial charge on any atom is 0.109 e. The summed E-state index contributed by atoms with van der Waals surface area (Å²) in [7, 11) is 0. The Morgan fingerprint density at radius 2 is 1.61 bits per heavy atom. The molecule has 1 atom stereocenters. The summed E-state index contributed by atoms with van der Waals surface area (Å²) in [5.41, 5.74) is 5.36. The van der Waals surface area contributed by atoms with Gasteiger partial charge in [-0.05, 0) is 13.0 Å². The van der Waals surface area contributed by atoms with Crippen LogP contribution in [-0.4, -0.2) is 62.0 Å². The second-order valence-corrected chi connectivity index (χ2v) is 4.09. The van der Waals surface area contributed by atoms with E-state index in [1.54, 1.807) is 12.2 Å². The van der Waals surface area contributed by atoms with Crippen molar-refractivity contribution < 1.29 is 5.11 Å². The zero-order chi connectivity index (χ0) is 13.6. The van der Waals surface area contributed by atoms with Gasteiger partial charge in [-0.3, -0.25) is 4.90 Å². The van der Waals surface area contributed by atoms with Crippen LogP contribution in [0.25, 0.3) is 0 Å². The number of hydrogen-bond acceptors (Lipinski definition) is 5. The Labute approximate surface area is 111 Å². The fraction of sp³-hybridized carbons (Fsp3) is 0.692. The van der Waals surface area contributed by atoms with Crippen molar-refractivity contribution >= 4 is 0 Å². The Hall–Kier alpha value is -0.720. The minimum absolute atomic E-state index is 0.453. The first kappa shape index (κ1) is 17.3. The molecule has 0 bridgehead atoms. The molecule has 0 heterocycles. The van der Waals surface area contributed by atoms with Gasteiger partial charge in [-0.2, -0.15) is 0 Å². The second-order valence-electron chi connectivity index (χ2n) is 4.09. The molecule has 0 aliphatic carbocycles. The van der Waals surface area contributed by atoms with Crippen LogP contribution < -0.4 is 16.4 Å². The van der Waals surface area contributed by atoms with E-state index in [0.717, 1.165) is 26.2 Å². The van der Waals surface area contributed by atoms with E-state index in [4.69, 9.17) is 5.73 Å². The molecule has 5 nitrogen and oxygen atoms in total. The van der Waals surface area contributed by atoms with Crippen LogP contribution in [-0.2, 0) is 0 Å². The predicted molar refractivity (Wildman–Crippen MR) is 77.4 cm³/mol. The minimum Gasteiger partial charge on any atom is -0.378 e. The maximum absolute atomic E-state index is 9.97. The van der Waals surface area contributed by atoms with Crippen molar-refractivity contribution in [2.75, 3.05) is 45.8 Å². The molecule has 0 radical (unpaired) electrons. The third-order valence-electron chi connectivity index (χ3n) is 2.53. The average Bonchev–Trinajstić information content (AvgIpc) is 2.37. The summed E-state index contributed by atoms with van der Waals surface area (Å²) in [4.78, 5) is 1.92. The molecule has 0 aromatic carbocycles. The van der Waals surface area contributed by atoms with Gasteiger partial charge in [0.25, 0.3) is 0 Å². The topological polar surface area (TPSA) is 73.5 Å². The number of rotatable bonds is 13. The van der Waals surface area contributed by atoms with Gasteiger partial charge < -0.3 is 21.5 Å². The van der Waals surface area contributed by atoms with E-state index >= 15 is 0 Å². The second kappa shape index (κ2) is 12.7. The molecule has 106 valence electrons. The van der Waals surface area contributed by atoms with Crippen LogP contribution in [0.5, 0.6) is 0 Å². The Morgan fingerprint density at radius 1 is 1.06 bits per heavy atom. The van der Waals surface area contributed by atoms with Gasteiger partial charge in [0.1, 0.15) is 6.23 Å². The third-order valence-corrected chi connectivity index (χ3v) is 2.53. The Balaban J connectivity index is 3.56. The van der Waals surface area contributed by atoms with E-state index in [-0.39, 0.29) is 0 Å². The molecule has 5 heteroatoms. The number of aliphatic hydroxyl groups excluding tert-OH is 1. The molecule has 0 fully saturated rings. The van der Waals surface area contributed by atoms with Crippen molar-refractivity contribution in [1.29, 1.82) is 0 Å². The lowest BCUT2D eigenvalue weighted by atomic mass is 10.3. The lowest BCUT2D eigenvalue weighted by molar-refractivity contribution is 0.0136. The fourth-order valence-corrected chi connectivity index (χ4v) is 1.59. The molecule has 0 spiro atoms. The lowest BCUT2D eigenvalue weighted by Crippen LogP contribution is -2.38. The van der Waals surface area contributed by atoms with Crippen molar-refractivity contribution in [3.63, 3.8) is 0 Å². The molecule has 1 unspecified atom stereocenters. The highest BCUT2D eigenvalue weighted by Gasteiger charge is 2.11. The van der Waals surface area contributed by atoms with E-state index in [0.29, 0.717) is 26.1 Å². The van der Waals surface area contributed by atoms with Gasteiger partial charge in [-0.1, -0.05) is 12.2 Å². The molecule has 0 aromatic rings. The van der Waals surface area contributed by atoms with Gasteiger partial charge in [0.05, 0.1) is 0 Å². The summed E-state index contributed by atoms with van der Waals surface area (Å²) in [6.45, 7) is 12.8. The van der Waals surface area contributed by atoms with Crippen LogP contribution in [0.1, 0.15) is 6.42 Å². The van der Waals surface area contributed by atoms with Gasteiger partial charge in [-0.15, -0.1) is 13.2 Å². The molecule has 0 amide bonds. The first-order chi connectivity index (χ1) is 8.76. The summed E-state index contributed by atoms with van der Waals surface area (Å²) in [5.74, 6) is 0. The molecular weight excluding hydrogens is 228 g/mol. The van der Waals surface area contributed by atoms with Crippen LogP contribution in [0, 0.1) is 0 Å². The van der Waals surface area contributed by atoms with Crippen molar-refractivity contribution in [1.82, 2.24) is 15.5 Å². The first-order valence-corrected chi connectivity index (χ1v) is 6.51. The SMILES string of the molecule is C=CCN(CC=C)C(O)CCNCCNCCN. The van der Waals surface area contributed by atoms with Crippen molar-refractivity contribution in [3.05, 3.63) is 25.3 Å². The van der Waals surface area contributed by atoms with Gasteiger partial charge in [-0.25, -0.2) is 0 Å². The summed E-state index contributed by atoms with van der Waals surface area (Å²) in [5, 5.41) is 16.4. The zero-order valence-electron chi connectivity index (χ0n) is 11.3. The monoisotopic (exact) mass is 256 g/mol. The lowest BCUT2D eigenvalue weighted by Gasteiger charge is -2.25. The molecule has 0 rings (SSSR count). The summed E-state index contributed by atoms with van der Waals surface area (Å²) in [6.07, 6.45) is 3.82. The number of nitrogens with two attached hydrogens (primary N) is 1. The molecule has 0 saturated carbocycles. The van der Waals surface area contributed by atoms with Crippen LogP contribution in [0.2, 0.25) is 0 Å². The number of aliphatic hydroxyl groups is 1. The highest BCUT2D eigenvalue weighted by Crippen LogP contribution is 2.00. The van der Waals surface area contributed by atoms with Crippen LogP contribution >= 0.6 is 0 Å². The van der Waals surface area contributed by atoms with Gasteiger partial charge >= 0.3 is 0 Å². The zero-order valence-corrected chi connectivity index (χ0v) is 11.3. The standard InChI is InChI=1S/C13H28N4O/c1-3-11-17(12-4-2)13(18)5-7-15-9-10-16-8-6-14/h3-4,13,15-16,18H,1-2,5-12,14H2. The van der Waals surface area contributed by atoms with Gasteiger partial charge in [0.15, 0.2) is 0 Å². The fourth-order valence-electron chi connectivity index (χ4n) is 1.59. The normalized spacial score (nSPS) is 12.6. The highest BCUT2D eigenvalue weighted by molar-refractivity contribution is 4.81. The van der Waals surface area contributed by atoms with Gasteiger partial charge in [0, 0.05) is 39.3 Å². The minimum atomic E-state index is -0.453. The predicted octanol–water partition coefficient (Wildman–Crippen LogP) is -0.493. The smallest absolute Gasteiger partial charge is 0.109 e. The van der Waals surface area contributed by atoms with E-state index in [1.807, 2.05) is 4.90 Å². The Bertz CT molecular complexity index is 201. The molecule has 0 aromatic heterocycles. The maximum atomic E-state index is 9.97. The number of nitrogens with zero attached hydrogens (tertiary/aromatic N) is 1. The molecule has 0 saturated heterocycles. The quantitative estimate of drug-likeness (QED) is 0.203. The molecule has 0 aliphatic rings. The third kappa shape index (κ3) is 9.32. The van der Waals surface area contributed by atoms with Crippen molar-refractivity contribution in [3.8, 4) is 0 Å². The van der Waals surface area contributed by atoms with E-state index in [2.05, 4.69) is 23.8 Å². The first-order valence-electron chi connectivity index (χ1n) is 6.51.